The summed E-state index contributed by atoms with van der Waals surface area (Å²) in [5.41, 5.74) is 3.74. The Morgan fingerprint density at radius 3 is 1.75 bits per heavy atom. The van der Waals surface area contributed by atoms with Gasteiger partial charge in [-0.2, -0.15) is 0 Å². The smallest absolute Gasteiger partial charge is 0.193 e. The molecule has 0 spiro atoms. The van der Waals surface area contributed by atoms with E-state index in [1.54, 1.807) is 0 Å². The third-order valence-electron chi connectivity index (χ3n) is 2.96. The average molecular weight is 273 g/mol. The van der Waals surface area contributed by atoms with Gasteiger partial charge in [0.25, 0.3) is 0 Å². The highest BCUT2D eigenvalue weighted by Gasteiger charge is 2.28. The topological polar surface area (TPSA) is 17.1 Å². The maximum atomic E-state index is 12.2. The summed E-state index contributed by atoms with van der Waals surface area (Å²) in [5.74, 6) is 0.127. The number of carbonyl (C=O) groups is 1. The van der Waals surface area contributed by atoms with Gasteiger partial charge in [-0.25, -0.2) is 0 Å². The van der Waals surface area contributed by atoms with Gasteiger partial charge >= 0.3 is 0 Å². The van der Waals surface area contributed by atoms with Gasteiger partial charge in [0.15, 0.2) is 5.78 Å². The maximum Gasteiger partial charge on any atom is 0.193 e. The molecule has 1 aliphatic carbocycles. The molecule has 0 heterocycles. The molecule has 0 fully saturated rings. The lowest BCUT2D eigenvalue weighted by Crippen LogP contribution is -2.16. The van der Waals surface area contributed by atoms with Crippen LogP contribution in [0.25, 0.3) is 0 Å². The summed E-state index contributed by atoms with van der Waals surface area (Å²) in [4.78, 5) is 12.4. The van der Waals surface area contributed by atoms with Crippen LogP contribution in [0.4, 0.5) is 0 Å². The number of fused-ring (bicyclic) bond motifs is 2. The summed E-state index contributed by atoms with van der Waals surface area (Å²) in [6, 6.07) is 15.5. The number of hydrogen-bond acceptors (Lipinski definition) is 1. The van der Waals surface area contributed by atoms with E-state index in [-0.39, 0.29) is 10.6 Å². The van der Waals surface area contributed by atoms with Gasteiger partial charge in [-0.1, -0.05) is 64.5 Å². The summed E-state index contributed by atoms with van der Waals surface area (Å²) in [5, 5.41) is 0. The Bertz CT molecular complexity index is 525. The van der Waals surface area contributed by atoms with Gasteiger partial charge in [0, 0.05) is 11.1 Å². The van der Waals surface area contributed by atoms with Crippen molar-refractivity contribution in [2.24, 2.45) is 0 Å². The molecule has 2 aromatic rings. The van der Waals surface area contributed by atoms with Gasteiger partial charge in [-0.3, -0.25) is 4.79 Å². The molecule has 0 radical (unpaired) electrons. The van der Waals surface area contributed by atoms with Crippen LogP contribution in [0.2, 0.25) is 0 Å². The van der Waals surface area contributed by atoms with Crippen molar-refractivity contribution in [2.75, 3.05) is 0 Å². The largest absolute Gasteiger partial charge is 0.289 e. The van der Waals surface area contributed by atoms with Crippen LogP contribution in [0.15, 0.2) is 48.5 Å². The van der Waals surface area contributed by atoms with Gasteiger partial charge in [-0.15, -0.1) is 0 Å². The van der Waals surface area contributed by atoms with Crippen molar-refractivity contribution in [2.45, 2.75) is 4.83 Å². The van der Waals surface area contributed by atoms with Crippen LogP contribution < -0.4 is 0 Å². The third-order valence-corrected chi connectivity index (χ3v) is 3.94. The van der Waals surface area contributed by atoms with Crippen LogP contribution in [-0.4, -0.2) is 5.78 Å². The van der Waals surface area contributed by atoms with Gasteiger partial charge in [0.2, 0.25) is 0 Å². The van der Waals surface area contributed by atoms with Crippen LogP contribution in [0.3, 0.4) is 0 Å². The van der Waals surface area contributed by atoms with E-state index in [9.17, 15) is 4.79 Å². The Hall–Kier alpha value is -1.41. The molecule has 3 rings (SSSR count). The van der Waals surface area contributed by atoms with E-state index in [1.165, 1.54) is 0 Å². The summed E-state index contributed by atoms with van der Waals surface area (Å²) in [6.45, 7) is 0. The van der Waals surface area contributed by atoms with Crippen LogP contribution in [0.5, 0.6) is 0 Å². The van der Waals surface area contributed by atoms with Gasteiger partial charge in [0.05, 0.1) is 4.83 Å². The van der Waals surface area contributed by atoms with E-state index in [0.29, 0.717) is 0 Å². The Labute approximate surface area is 102 Å². The summed E-state index contributed by atoms with van der Waals surface area (Å²) in [7, 11) is 0. The zero-order valence-electron chi connectivity index (χ0n) is 8.48. The molecule has 0 aliphatic heterocycles. The molecule has 0 unspecified atom stereocenters. The third kappa shape index (κ3) is 1.26. The standard InChI is InChI=1S/C14H9BrO/c15-13-9-5-1-3-7-11(9)14(16)12-8-4-2-6-10(12)13/h1-8,13H. The molecule has 0 aromatic heterocycles. The van der Waals surface area contributed by atoms with Crippen LogP contribution in [0, 0.1) is 0 Å². The van der Waals surface area contributed by atoms with Gasteiger partial charge < -0.3 is 0 Å². The first-order valence-electron chi connectivity index (χ1n) is 5.15. The van der Waals surface area contributed by atoms with E-state index in [0.717, 1.165) is 22.3 Å². The summed E-state index contributed by atoms with van der Waals surface area (Å²) in [6.07, 6.45) is 0. The first kappa shape index (κ1) is 9.79. The lowest BCUT2D eigenvalue weighted by Gasteiger charge is -2.22. The predicted molar refractivity (Wildman–Crippen MR) is 67.1 cm³/mol. The van der Waals surface area contributed by atoms with E-state index < -0.39 is 0 Å². The fraction of sp³-hybridized carbons (Fsp3) is 0.0714. The Morgan fingerprint density at radius 2 is 1.25 bits per heavy atom. The molecule has 0 bridgehead atoms. The highest BCUT2D eigenvalue weighted by Crippen LogP contribution is 2.39. The quantitative estimate of drug-likeness (QED) is 0.669. The van der Waals surface area contributed by atoms with Crippen LogP contribution >= 0.6 is 15.9 Å². The van der Waals surface area contributed by atoms with E-state index in [1.807, 2.05) is 48.5 Å². The molecule has 0 amide bonds. The fourth-order valence-electron chi connectivity index (χ4n) is 2.16. The number of hydrogen-bond donors (Lipinski definition) is 0. The first-order chi connectivity index (χ1) is 7.79. The van der Waals surface area contributed by atoms with Crippen molar-refractivity contribution >= 4 is 21.7 Å². The lowest BCUT2D eigenvalue weighted by atomic mass is 9.85. The number of ketones is 1. The molecular formula is C14H9BrO. The lowest BCUT2D eigenvalue weighted by molar-refractivity contribution is 0.103. The number of carbonyl (C=O) groups excluding carboxylic acids is 1. The molecule has 16 heavy (non-hydrogen) atoms. The first-order valence-corrected chi connectivity index (χ1v) is 6.07. The van der Waals surface area contributed by atoms with E-state index >= 15 is 0 Å². The zero-order chi connectivity index (χ0) is 11.1. The number of alkyl halides is 1. The summed E-state index contributed by atoms with van der Waals surface area (Å²) < 4.78 is 0. The number of halogens is 1. The number of benzene rings is 2. The second kappa shape index (κ2) is 3.56. The molecule has 1 aliphatic rings. The van der Waals surface area contributed by atoms with E-state index in [2.05, 4.69) is 15.9 Å². The Kier molecular flexibility index (Phi) is 2.18. The molecule has 0 saturated heterocycles. The highest BCUT2D eigenvalue weighted by molar-refractivity contribution is 9.09. The number of rotatable bonds is 0. The van der Waals surface area contributed by atoms with E-state index in [4.69, 9.17) is 0 Å². The second-order valence-electron chi connectivity index (χ2n) is 3.87. The van der Waals surface area contributed by atoms with Crippen molar-refractivity contribution in [1.82, 2.24) is 0 Å². The van der Waals surface area contributed by atoms with Crippen molar-refractivity contribution < 1.29 is 4.79 Å². The molecule has 2 heteroatoms. The fourth-order valence-corrected chi connectivity index (χ4v) is 2.96. The predicted octanol–water partition coefficient (Wildman–Crippen LogP) is 3.72. The summed E-state index contributed by atoms with van der Waals surface area (Å²) >= 11 is 3.66. The van der Waals surface area contributed by atoms with Gasteiger partial charge in [-0.05, 0) is 11.1 Å². The second-order valence-corrected chi connectivity index (χ2v) is 4.78. The SMILES string of the molecule is O=C1c2ccccc2C(Br)c2ccccc21. The molecule has 0 atom stereocenters. The monoisotopic (exact) mass is 272 g/mol. The normalized spacial score (nSPS) is 14.4. The minimum Gasteiger partial charge on any atom is -0.289 e. The molecule has 0 N–H and O–H groups in total. The Balaban J connectivity index is 2.30. The average Bonchev–Trinajstić information content (AvgIpc) is 2.36. The van der Waals surface area contributed by atoms with Crippen molar-refractivity contribution in [3.8, 4) is 0 Å². The van der Waals surface area contributed by atoms with Crippen LogP contribution in [0.1, 0.15) is 31.9 Å². The molecule has 0 saturated carbocycles. The molecular weight excluding hydrogens is 264 g/mol. The molecule has 1 nitrogen and oxygen atoms in total. The van der Waals surface area contributed by atoms with Crippen molar-refractivity contribution in [3.05, 3.63) is 70.8 Å². The highest BCUT2D eigenvalue weighted by atomic mass is 79.9. The molecule has 78 valence electrons. The minimum absolute atomic E-state index is 0.123. The zero-order valence-corrected chi connectivity index (χ0v) is 10.1. The van der Waals surface area contributed by atoms with Crippen molar-refractivity contribution in [3.63, 3.8) is 0 Å². The maximum absolute atomic E-state index is 12.2. The molecule has 2 aromatic carbocycles. The van der Waals surface area contributed by atoms with Gasteiger partial charge in [0.1, 0.15) is 0 Å². The van der Waals surface area contributed by atoms with Crippen molar-refractivity contribution in [1.29, 1.82) is 0 Å². The Morgan fingerprint density at radius 1 is 0.812 bits per heavy atom. The minimum atomic E-state index is 0.123. The van der Waals surface area contributed by atoms with Crippen LogP contribution in [-0.2, 0) is 0 Å².